The molecule has 0 unspecified atom stereocenters. The summed E-state index contributed by atoms with van der Waals surface area (Å²) in [6, 6.07) is 3.18. The molecule has 0 saturated carbocycles. The number of aromatic nitrogens is 1. The van der Waals surface area contributed by atoms with E-state index in [1.165, 1.54) is 11.1 Å². The minimum atomic E-state index is -2.47. The van der Waals surface area contributed by atoms with E-state index in [2.05, 4.69) is 4.98 Å². The summed E-state index contributed by atoms with van der Waals surface area (Å²) in [5, 5.41) is 18.1. The summed E-state index contributed by atoms with van der Waals surface area (Å²) in [4.78, 5) is 5.32. The van der Waals surface area contributed by atoms with Crippen molar-refractivity contribution in [3.63, 3.8) is 0 Å². The third kappa shape index (κ3) is 4.24. The molecule has 0 bridgehead atoms. The van der Waals surface area contributed by atoms with Crippen LogP contribution in [0.4, 0.5) is 14.5 Å². The maximum absolute atomic E-state index is 12.3. The summed E-state index contributed by atoms with van der Waals surface area (Å²) in [6.07, 6.45) is -1.75. The Hall–Kier alpha value is -1.27. The summed E-state index contributed by atoms with van der Waals surface area (Å²) >= 11 is 0. The van der Waals surface area contributed by atoms with Crippen LogP contribution >= 0.6 is 0 Å². The summed E-state index contributed by atoms with van der Waals surface area (Å²) in [5.74, 6) is 0. The zero-order chi connectivity index (χ0) is 12.8. The lowest BCUT2D eigenvalue weighted by atomic mass is 10.2. The Morgan fingerprint density at radius 2 is 2.12 bits per heavy atom. The fourth-order valence-corrected chi connectivity index (χ4v) is 1.44. The van der Waals surface area contributed by atoms with Crippen molar-refractivity contribution >= 4 is 5.69 Å². The van der Waals surface area contributed by atoms with Gasteiger partial charge in [0.05, 0.1) is 36.8 Å². The van der Waals surface area contributed by atoms with Crippen LogP contribution in [0.25, 0.3) is 0 Å². The first-order valence-corrected chi connectivity index (χ1v) is 5.32. The van der Waals surface area contributed by atoms with E-state index >= 15 is 0 Å². The highest BCUT2D eigenvalue weighted by molar-refractivity contribution is 5.44. The maximum atomic E-state index is 12.3. The van der Waals surface area contributed by atoms with Crippen LogP contribution in [0.5, 0.6) is 0 Å². The van der Waals surface area contributed by atoms with Gasteiger partial charge in [0.25, 0.3) is 6.43 Å². The Morgan fingerprint density at radius 3 is 2.53 bits per heavy atom. The van der Waals surface area contributed by atoms with E-state index in [1.54, 1.807) is 19.1 Å². The molecule has 1 atom stereocenters. The number of rotatable bonds is 6. The van der Waals surface area contributed by atoms with Crippen LogP contribution in [0.1, 0.15) is 18.7 Å². The van der Waals surface area contributed by atoms with Gasteiger partial charge in [0, 0.05) is 6.54 Å². The van der Waals surface area contributed by atoms with E-state index in [0.29, 0.717) is 11.4 Å². The minimum Gasteiger partial charge on any atom is -0.395 e. The van der Waals surface area contributed by atoms with E-state index in [1.807, 2.05) is 0 Å². The number of pyridine rings is 1. The van der Waals surface area contributed by atoms with Crippen molar-refractivity contribution in [3.8, 4) is 0 Å². The molecule has 0 amide bonds. The number of aliphatic hydroxyl groups excluding tert-OH is 2. The minimum absolute atomic E-state index is 0.125. The highest BCUT2D eigenvalue weighted by Gasteiger charge is 2.13. The normalized spacial score (nSPS) is 12.8. The molecular formula is C11H16F2N2O2. The average molecular weight is 246 g/mol. The highest BCUT2D eigenvalue weighted by atomic mass is 19.3. The van der Waals surface area contributed by atoms with E-state index in [0.717, 1.165) is 0 Å². The molecule has 0 aliphatic heterocycles. The van der Waals surface area contributed by atoms with Crippen LogP contribution in [0.3, 0.4) is 0 Å². The van der Waals surface area contributed by atoms with Crippen LogP contribution in [-0.2, 0) is 0 Å². The van der Waals surface area contributed by atoms with E-state index < -0.39 is 19.1 Å². The molecule has 0 fully saturated rings. The van der Waals surface area contributed by atoms with Gasteiger partial charge in [-0.05, 0) is 19.1 Å². The van der Waals surface area contributed by atoms with Crippen molar-refractivity contribution in [2.75, 3.05) is 24.6 Å². The second-order valence-corrected chi connectivity index (χ2v) is 3.68. The monoisotopic (exact) mass is 246 g/mol. The topological polar surface area (TPSA) is 56.6 Å². The van der Waals surface area contributed by atoms with Gasteiger partial charge in [0.2, 0.25) is 0 Å². The van der Waals surface area contributed by atoms with Gasteiger partial charge >= 0.3 is 0 Å². The molecule has 17 heavy (non-hydrogen) atoms. The lowest BCUT2D eigenvalue weighted by Gasteiger charge is -2.23. The van der Waals surface area contributed by atoms with Crippen molar-refractivity contribution < 1.29 is 19.0 Å². The van der Waals surface area contributed by atoms with E-state index in [4.69, 9.17) is 5.11 Å². The van der Waals surface area contributed by atoms with Crippen LogP contribution < -0.4 is 4.90 Å². The predicted octanol–water partition coefficient (Wildman–Crippen LogP) is 1.20. The molecule has 0 saturated heterocycles. The summed E-state index contributed by atoms with van der Waals surface area (Å²) < 4.78 is 24.6. The van der Waals surface area contributed by atoms with Crippen LogP contribution in [0.15, 0.2) is 18.3 Å². The molecule has 1 aromatic heterocycles. The molecule has 0 radical (unpaired) electrons. The van der Waals surface area contributed by atoms with Gasteiger partial charge in [0.1, 0.15) is 0 Å². The standard InChI is InChI=1S/C11H16F2N2O2/c1-8(17)10-3-2-9(6-14-10)15(4-5-16)7-11(12)13/h2-3,6,8,11,16-17H,4-5,7H2,1H3/t8-/m1/s1. The second kappa shape index (κ2) is 6.46. The third-order valence-corrected chi connectivity index (χ3v) is 2.29. The molecule has 0 aliphatic carbocycles. The molecule has 1 rings (SSSR count). The van der Waals surface area contributed by atoms with Gasteiger partial charge in [-0.1, -0.05) is 0 Å². The number of aliphatic hydroxyl groups is 2. The number of anilines is 1. The van der Waals surface area contributed by atoms with Crippen molar-refractivity contribution in [2.45, 2.75) is 19.5 Å². The highest BCUT2D eigenvalue weighted by Crippen LogP contribution is 2.17. The Balaban J connectivity index is 2.79. The van der Waals surface area contributed by atoms with Gasteiger partial charge in [-0.2, -0.15) is 0 Å². The van der Waals surface area contributed by atoms with Crippen LogP contribution in [0, 0.1) is 0 Å². The SMILES string of the molecule is C[C@@H](O)c1ccc(N(CCO)CC(F)F)cn1. The van der Waals surface area contributed by atoms with Crippen molar-refractivity contribution in [1.82, 2.24) is 4.98 Å². The molecular weight excluding hydrogens is 230 g/mol. The van der Waals surface area contributed by atoms with Crippen molar-refractivity contribution in [2.24, 2.45) is 0 Å². The second-order valence-electron chi connectivity index (χ2n) is 3.68. The Labute approximate surface area is 98.5 Å². The molecule has 1 heterocycles. The number of halogens is 2. The zero-order valence-corrected chi connectivity index (χ0v) is 9.55. The number of alkyl halides is 2. The molecule has 2 N–H and O–H groups in total. The van der Waals surface area contributed by atoms with Gasteiger partial charge in [-0.25, -0.2) is 8.78 Å². The molecule has 1 aromatic rings. The smallest absolute Gasteiger partial charge is 0.255 e. The number of nitrogens with zero attached hydrogens (tertiary/aromatic N) is 2. The average Bonchev–Trinajstić information content (AvgIpc) is 2.28. The van der Waals surface area contributed by atoms with Crippen molar-refractivity contribution in [1.29, 1.82) is 0 Å². The quantitative estimate of drug-likeness (QED) is 0.792. The molecule has 0 aromatic carbocycles. The fourth-order valence-electron chi connectivity index (χ4n) is 1.44. The number of hydrogen-bond acceptors (Lipinski definition) is 4. The Kier molecular flexibility index (Phi) is 5.24. The largest absolute Gasteiger partial charge is 0.395 e. The summed E-state index contributed by atoms with van der Waals surface area (Å²) in [5.41, 5.74) is 0.985. The fraction of sp³-hybridized carbons (Fsp3) is 0.545. The maximum Gasteiger partial charge on any atom is 0.255 e. The molecule has 96 valence electrons. The Morgan fingerprint density at radius 1 is 1.41 bits per heavy atom. The first kappa shape index (κ1) is 13.8. The lowest BCUT2D eigenvalue weighted by Crippen LogP contribution is -2.31. The molecule has 0 aliphatic rings. The van der Waals surface area contributed by atoms with E-state index in [9.17, 15) is 13.9 Å². The molecule has 6 heteroatoms. The molecule has 4 nitrogen and oxygen atoms in total. The first-order chi connectivity index (χ1) is 8.04. The third-order valence-electron chi connectivity index (χ3n) is 2.29. The van der Waals surface area contributed by atoms with Crippen LogP contribution in [-0.4, -0.2) is 41.3 Å². The van der Waals surface area contributed by atoms with Gasteiger partial charge in [-0.3, -0.25) is 4.98 Å². The van der Waals surface area contributed by atoms with Gasteiger partial charge in [0.15, 0.2) is 0 Å². The van der Waals surface area contributed by atoms with E-state index in [-0.39, 0.29) is 13.2 Å². The Bertz CT molecular complexity index is 331. The summed E-state index contributed by atoms with van der Waals surface area (Å²) in [6.45, 7) is 1.05. The van der Waals surface area contributed by atoms with Crippen LogP contribution in [0.2, 0.25) is 0 Å². The predicted molar refractivity (Wildman–Crippen MR) is 60.2 cm³/mol. The van der Waals surface area contributed by atoms with Crippen molar-refractivity contribution in [3.05, 3.63) is 24.0 Å². The molecule has 0 spiro atoms. The van der Waals surface area contributed by atoms with Gasteiger partial charge < -0.3 is 15.1 Å². The first-order valence-electron chi connectivity index (χ1n) is 5.32. The summed E-state index contributed by atoms with van der Waals surface area (Å²) in [7, 11) is 0. The number of hydrogen-bond donors (Lipinski definition) is 2. The van der Waals surface area contributed by atoms with Gasteiger partial charge in [-0.15, -0.1) is 0 Å². The zero-order valence-electron chi connectivity index (χ0n) is 9.55. The lowest BCUT2D eigenvalue weighted by molar-refractivity contribution is 0.152.